The molecule has 0 bridgehead atoms. The first-order valence-corrected chi connectivity index (χ1v) is 9.04. The number of hydrogen-bond donors (Lipinski definition) is 1. The van der Waals surface area contributed by atoms with Crippen LogP contribution in [-0.4, -0.2) is 44.8 Å². The molecule has 0 spiro atoms. The number of guanidine groups is 1. The van der Waals surface area contributed by atoms with Crippen LogP contribution < -0.4 is 5.32 Å². The first-order chi connectivity index (χ1) is 11.1. The molecule has 0 unspecified atom stereocenters. The monoisotopic (exact) mass is 318 g/mol. The Morgan fingerprint density at radius 2 is 1.87 bits per heavy atom. The largest absolute Gasteiger partial charge is 0.353 e. The van der Waals surface area contributed by atoms with Crippen LogP contribution in [0.3, 0.4) is 0 Å². The Balaban J connectivity index is 1.70. The molecule has 23 heavy (non-hydrogen) atoms. The van der Waals surface area contributed by atoms with Gasteiger partial charge < -0.3 is 14.8 Å². The Labute approximate surface area is 139 Å². The van der Waals surface area contributed by atoms with Gasteiger partial charge in [-0.05, 0) is 38.5 Å². The van der Waals surface area contributed by atoms with Crippen LogP contribution >= 0.6 is 0 Å². The topological polar surface area (TPSA) is 58.3 Å². The molecule has 2 aliphatic rings. The van der Waals surface area contributed by atoms with Gasteiger partial charge in [-0.2, -0.15) is 0 Å². The van der Waals surface area contributed by atoms with E-state index in [1.54, 1.807) is 0 Å². The lowest BCUT2D eigenvalue weighted by Gasteiger charge is -2.34. The molecule has 2 fully saturated rings. The predicted octanol–water partition coefficient (Wildman–Crippen LogP) is 2.24. The molecule has 2 heterocycles. The van der Waals surface area contributed by atoms with E-state index in [9.17, 15) is 0 Å². The normalized spacial score (nSPS) is 21.2. The Hall–Kier alpha value is -1.59. The molecular weight excluding hydrogens is 288 g/mol. The highest BCUT2D eigenvalue weighted by molar-refractivity contribution is 5.80. The molecule has 1 N–H and O–H groups in total. The number of aliphatic imine (C=N–C) groups is 1. The zero-order chi connectivity index (χ0) is 16.2. The van der Waals surface area contributed by atoms with Gasteiger partial charge in [-0.15, -0.1) is 10.2 Å². The van der Waals surface area contributed by atoms with Gasteiger partial charge in [0.1, 0.15) is 12.4 Å². The summed E-state index contributed by atoms with van der Waals surface area (Å²) in [6.45, 7) is 7.14. The van der Waals surface area contributed by atoms with Crippen molar-refractivity contribution in [1.29, 1.82) is 0 Å². The van der Waals surface area contributed by atoms with Gasteiger partial charge in [-0.25, -0.2) is 4.99 Å². The van der Waals surface area contributed by atoms with E-state index in [2.05, 4.69) is 27.3 Å². The molecule has 3 rings (SSSR count). The Bertz CT molecular complexity index is 535. The second-order valence-electron chi connectivity index (χ2n) is 7.16. The van der Waals surface area contributed by atoms with Crippen LogP contribution in [-0.2, 0) is 13.6 Å². The summed E-state index contributed by atoms with van der Waals surface area (Å²) in [6.07, 6.45) is 7.73. The standard InChI is InChI=1S/C17H30N6/c1-13-8-10-23(11-9-13)17(19-15-6-4-5-7-15)18-12-16-21-20-14(2)22(16)3/h13,15H,4-12H2,1-3H3,(H,18,19). The number of nitrogens with zero attached hydrogens (tertiary/aromatic N) is 5. The van der Waals surface area contributed by atoms with Gasteiger partial charge in [-0.3, -0.25) is 0 Å². The second kappa shape index (κ2) is 7.32. The van der Waals surface area contributed by atoms with Crippen LogP contribution in [0.15, 0.2) is 4.99 Å². The maximum Gasteiger partial charge on any atom is 0.194 e. The third-order valence-electron chi connectivity index (χ3n) is 5.32. The van der Waals surface area contributed by atoms with Gasteiger partial charge in [0.2, 0.25) is 0 Å². The maximum absolute atomic E-state index is 4.89. The summed E-state index contributed by atoms with van der Waals surface area (Å²) in [5.41, 5.74) is 0. The number of hydrogen-bond acceptors (Lipinski definition) is 3. The number of aromatic nitrogens is 3. The quantitative estimate of drug-likeness (QED) is 0.686. The Kier molecular flexibility index (Phi) is 5.18. The number of likely N-dealkylation sites (tertiary alicyclic amines) is 1. The lowest BCUT2D eigenvalue weighted by atomic mass is 9.99. The summed E-state index contributed by atoms with van der Waals surface area (Å²) < 4.78 is 2.02. The minimum absolute atomic E-state index is 0.592. The lowest BCUT2D eigenvalue weighted by Crippen LogP contribution is -2.48. The summed E-state index contributed by atoms with van der Waals surface area (Å²) in [6, 6.07) is 0.592. The van der Waals surface area contributed by atoms with E-state index in [4.69, 9.17) is 4.99 Å². The molecule has 6 heteroatoms. The SMILES string of the molecule is Cc1nnc(CN=C(NC2CCCC2)N2CCC(C)CC2)n1C. The van der Waals surface area contributed by atoms with E-state index >= 15 is 0 Å². The van der Waals surface area contributed by atoms with Crippen molar-refractivity contribution in [3.05, 3.63) is 11.6 Å². The lowest BCUT2D eigenvalue weighted by molar-refractivity contribution is 0.270. The van der Waals surface area contributed by atoms with Crippen molar-refractivity contribution in [2.45, 2.75) is 65.0 Å². The Morgan fingerprint density at radius 3 is 2.48 bits per heavy atom. The van der Waals surface area contributed by atoms with Gasteiger partial charge in [0.25, 0.3) is 0 Å². The highest BCUT2D eigenvalue weighted by Gasteiger charge is 2.23. The third kappa shape index (κ3) is 4.03. The van der Waals surface area contributed by atoms with Crippen LogP contribution in [0.25, 0.3) is 0 Å². The van der Waals surface area contributed by atoms with Crippen LogP contribution in [0, 0.1) is 12.8 Å². The first-order valence-electron chi connectivity index (χ1n) is 9.04. The second-order valence-corrected chi connectivity index (χ2v) is 7.16. The highest BCUT2D eigenvalue weighted by atomic mass is 15.3. The molecule has 1 aliphatic carbocycles. The molecular formula is C17H30N6. The molecule has 128 valence electrons. The number of rotatable bonds is 3. The van der Waals surface area contributed by atoms with Gasteiger partial charge in [0.15, 0.2) is 11.8 Å². The summed E-state index contributed by atoms with van der Waals surface area (Å²) in [7, 11) is 2.01. The minimum atomic E-state index is 0.592. The van der Waals surface area contributed by atoms with Gasteiger partial charge in [-0.1, -0.05) is 19.8 Å². The van der Waals surface area contributed by atoms with Crippen LogP contribution in [0.4, 0.5) is 0 Å². The van der Waals surface area contributed by atoms with E-state index < -0.39 is 0 Å². The molecule has 0 radical (unpaired) electrons. The average Bonchev–Trinajstić information content (AvgIpc) is 3.17. The van der Waals surface area contributed by atoms with Crippen molar-refractivity contribution in [2.24, 2.45) is 18.0 Å². The summed E-state index contributed by atoms with van der Waals surface area (Å²) >= 11 is 0. The minimum Gasteiger partial charge on any atom is -0.353 e. The first kappa shape index (κ1) is 16.3. The molecule has 1 aliphatic heterocycles. The van der Waals surface area contributed by atoms with E-state index in [0.29, 0.717) is 12.6 Å². The van der Waals surface area contributed by atoms with Crippen molar-refractivity contribution in [2.75, 3.05) is 13.1 Å². The molecule has 6 nitrogen and oxygen atoms in total. The third-order valence-corrected chi connectivity index (χ3v) is 5.32. The van der Waals surface area contributed by atoms with Crippen LogP contribution in [0.2, 0.25) is 0 Å². The number of aryl methyl sites for hydroxylation is 1. The highest BCUT2D eigenvalue weighted by Crippen LogP contribution is 2.20. The van der Waals surface area contributed by atoms with Crippen molar-refractivity contribution < 1.29 is 0 Å². The fourth-order valence-electron chi connectivity index (χ4n) is 3.44. The summed E-state index contributed by atoms with van der Waals surface area (Å²) in [5, 5.41) is 12.1. The van der Waals surface area contributed by atoms with E-state index in [-0.39, 0.29) is 0 Å². The predicted molar refractivity (Wildman–Crippen MR) is 92.2 cm³/mol. The molecule has 0 aromatic carbocycles. The zero-order valence-corrected chi connectivity index (χ0v) is 14.8. The maximum atomic E-state index is 4.89. The smallest absolute Gasteiger partial charge is 0.194 e. The fourth-order valence-corrected chi connectivity index (χ4v) is 3.44. The van der Waals surface area contributed by atoms with Gasteiger partial charge in [0, 0.05) is 26.2 Å². The molecule has 0 amide bonds. The average molecular weight is 318 g/mol. The molecule has 1 aromatic rings. The van der Waals surface area contributed by atoms with Gasteiger partial charge in [0.05, 0.1) is 0 Å². The zero-order valence-electron chi connectivity index (χ0n) is 14.8. The number of nitrogens with one attached hydrogen (secondary N) is 1. The summed E-state index contributed by atoms with van der Waals surface area (Å²) in [4.78, 5) is 7.32. The number of piperidine rings is 1. The van der Waals surface area contributed by atoms with Crippen LogP contribution in [0.5, 0.6) is 0 Å². The molecule has 1 saturated carbocycles. The van der Waals surface area contributed by atoms with Crippen molar-refractivity contribution in [3.8, 4) is 0 Å². The van der Waals surface area contributed by atoms with Crippen LogP contribution in [0.1, 0.15) is 57.1 Å². The molecule has 1 saturated heterocycles. The summed E-state index contributed by atoms with van der Waals surface area (Å²) in [5.74, 6) is 3.77. The molecule has 1 aromatic heterocycles. The molecule has 0 atom stereocenters. The van der Waals surface area contributed by atoms with Crippen molar-refractivity contribution in [3.63, 3.8) is 0 Å². The van der Waals surface area contributed by atoms with E-state index in [1.165, 1.54) is 38.5 Å². The fraction of sp³-hybridized carbons (Fsp3) is 0.824. The van der Waals surface area contributed by atoms with Crippen molar-refractivity contribution in [1.82, 2.24) is 25.0 Å². The Morgan fingerprint density at radius 1 is 1.17 bits per heavy atom. The van der Waals surface area contributed by atoms with Gasteiger partial charge >= 0.3 is 0 Å². The van der Waals surface area contributed by atoms with E-state index in [0.717, 1.165) is 36.6 Å². The van der Waals surface area contributed by atoms with E-state index in [1.807, 2.05) is 18.5 Å². The van der Waals surface area contributed by atoms with Crippen molar-refractivity contribution >= 4 is 5.96 Å².